The van der Waals surface area contributed by atoms with E-state index in [0.29, 0.717) is 0 Å². The Labute approximate surface area is 68.1 Å². The van der Waals surface area contributed by atoms with Crippen molar-refractivity contribution in [1.29, 1.82) is 0 Å². The molecule has 0 rings (SSSR count). The average molecular weight is 156 g/mol. The molecule has 0 aliphatic rings. The normalized spacial score (nSPS) is 12.4. The largest absolute Gasteiger partial charge is 0.251 e. The maximum Gasteiger partial charge on any atom is 0.116 e. The second kappa shape index (κ2) is 4.31. The van der Waals surface area contributed by atoms with Crippen LogP contribution in [0.3, 0.4) is 0 Å². The molecule has 0 unspecified atom stereocenters. The van der Waals surface area contributed by atoms with Gasteiger partial charge in [-0.25, -0.2) is 4.89 Å². The first kappa shape index (κ1) is 10.4. The van der Waals surface area contributed by atoms with Crippen LogP contribution in [-0.2, 0) is 4.89 Å². The van der Waals surface area contributed by atoms with Crippen molar-refractivity contribution < 1.29 is 10.1 Å². The van der Waals surface area contributed by atoms with Crippen molar-refractivity contribution in [3.63, 3.8) is 0 Å². The van der Waals surface area contributed by atoms with Crippen LogP contribution < -0.4 is 0 Å². The lowest BCUT2D eigenvalue weighted by Gasteiger charge is -2.14. The molecule has 0 spiro atoms. The Bertz CT molecular complexity index is 157. The van der Waals surface area contributed by atoms with Gasteiger partial charge in [-0.05, 0) is 27.2 Å². The fourth-order valence-electron chi connectivity index (χ4n) is 0.574. The third-order valence-electron chi connectivity index (χ3n) is 1.22. The van der Waals surface area contributed by atoms with Gasteiger partial charge in [-0.3, -0.25) is 5.26 Å². The Balaban J connectivity index is 3.82. The SMILES string of the molecule is C=C(C)C/C=C/C(C)(C)OO. The van der Waals surface area contributed by atoms with Crippen LogP contribution in [-0.4, -0.2) is 10.9 Å². The maximum absolute atomic E-state index is 8.39. The van der Waals surface area contributed by atoms with Crippen LogP contribution in [0.25, 0.3) is 0 Å². The highest BCUT2D eigenvalue weighted by molar-refractivity contribution is 5.03. The van der Waals surface area contributed by atoms with Gasteiger partial charge in [-0.1, -0.05) is 24.3 Å². The molecule has 0 bridgehead atoms. The van der Waals surface area contributed by atoms with Crippen molar-refractivity contribution in [2.75, 3.05) is 0 Å². The minimum absolute atomic E-state index is 0.588. The molecule has 0 aromatic heterocycles. The molecule has 0 atom stereocenters. The molecular weight excluding hydrogens is 140 g/mol. The molecule has 64 valence electrons. The van der Waals surface area contributed by atoms with Gasteiger partial charge >= 0.3 is 0 Å². The molecule has 0 heterocycles. The number of rotatable bonds is 4. The van der Waals surface area contributed by atoms with E-state index in [9.17, 15) is 0 Å². The van der Waals surface area contributed by atoms with E-state index in [1.807, 2.05) is 19.1 Å². The van der Waals surface area contributed by atoms with Gasteiger partial charge in [0.25, 0.3) is 0 Å². The molecule has 11 heavy (non-hydrogen) atoms. The van der Waals surface area contributed by atoms with Gasteiger partial charge in [-0.2, -0.15) is 0 Å². The van der Waals surface area contributed by atoms with Crippen LogP contribution in [0.4, 0.5) is 0 Å². The van der Waals surface area contributed by atoms with E-state index in [1.54, 1.807) is 13.8 Å². The zero-order valence-electron chi connectivity index (χ0n) is 7.42. The Morgan fingerprint density at radius 3 is 2.55 bits per heavy atom. The minimum atomic E-state index is -0.588. The quantitative estimate of drug-likeness (QED) is 0.385. The van der Waals surface area contributed by atoms with Gasteiger partial charge in [0, 0.05) is 0 Å². The van der Waals surface area contributed by atoms with Crippen molar-refractivity contribution in [3.8, 4) is 0 Å². The zero-order chi connectivity index (χ0) is 8.91. The average Bonchev–Trinajstić information content (AvgIpc) is 1.87. The van der Waals surface area contributed by atoms with Gasteiger partial charge in [0.2, 0.25) is 0 Å². The molecule has 0 amide bonds. The van der Waals surface area contributed by atoms with E-state index in [0.717, 1.165) is 12.0 Å². The molecule has 2 heteroatoms. The van der Waals surface area contributed by atoms with E-state index in [4.69, 9.17) is 5.26 Å². The van der Waals surface area contributed by atoms with Crippen LogP contribution in [0.1, 0.15) is 27.2 Å². The molecular formula is C9H16O2. The third-order valence-corrected chi connectivity index (χ3v) is 1.22. The fourth-order valence-corrected chi connectivity index (χ4v) is 0.574. The summed E-state index contributed by atoms with van der Waals surface area (Å²) in [5.74, 6) is 0. The number of allylic oxidation sites excluding steroid dienone is 2. The second-order valence-electron chi connectivity index (χ2n) is 3.26. The van der Waals surface area contributed by atoms with Gasteiger partial charge in [0.05, 0.1) is 0 Å². The number of hydrogen-bond acceptors (Lipinski definition) is 2. The highest BCUT2D eigenvalue weighted by Crippen LogP contribution is 2.10. The molecule has 0 radical (unpaired) electrons. The third kappa shape index (κ3) is 5.83. The Hall–Kier alpha value is -0.600. The van der Waals surface area contributed by atoms with E-state index in [-0.39, 0.29) is 0 Å². The molecule has 0 saturated heterocycles. The predicted octanol–water partition coefficient (Wildman–Crippen LogP) is 2.78. The van der Waals surface area contributed by atoms with E-state index in [2.05, 4.69) is 11.5 Å². The van der Waals surface area contributed by atoms with E-state index in [1.165, 1.54) is 0 Å². The van der Waals surface area contributed by atoms with Crippen molar-refractivity contribution in [1.82, 2.24) is 0 Å². The molecule has 0 aliphatic heterocycles. The van der Waals surface area contributed by atoms with Crippen molar-refractivity contribution in [3.05, 3.63) is 24.3 Å². The number of hydrogen-bond donors (Lipinski definition) is 1. The zero-order valence-corrected chi connectivity index (χ0v) is 7.42. The summed E-state index contributed by atoms with van der Waals surface area (Å²) in [4.78, 5) is 4.20. The highest BCUT2D eigenvalue weighted by atomic mass is 17.1. The molecule has 1 N–H and O–H groups in total. The predicted molar refractivity (Wildman–Crippen MR) is 46.4 cm³/mol. The fraction of sp³-hybridized carbons (Fsp3) is 0.556. The lowest BCUT2D eigenvalue weighted by Crippen LogP contribution is -2.18. The summed E-state index contributed by atoms with van der Waals surface area (Å²) in [6.45, 7) is 9.26. The van der Waals surface area contributed by atoms with Crippen LogP contribution >= 0.6 is 0 Å². The lowest BCUT2D eigenvalue weighted by atomic mass is 10.1. The topological polar surface area (TPSA) is 29.5 Å². The first-order valence-electron chi connectivity index (χ1n) is 3.62. The standard InChI is InChI=1S/C9H16O2/c1-8(2)6-5-7-9(3,4)11-10/h5,7,10H,1,6H2,2-4H3/b7-5+. The molecule has 0 fully saturated rings. The summed E-state index contributed by atoms with van der Waals surface area (Å²) in [6.07, 6.45) is 4.56. The van der Waals surface area contributed by atoms with E-state index < -0.39 is 5.60 Å². The molecule has 0 saturated carbocycles. The van der Waals surface area contributed by atoms with Gasteiger partial charge in [-0.15, -0.1) is 0 Å². The lowest BCUT2D eigenvalue weighted by molar-refractivity contribution is -0.297. The van der Waals surface area contributed by atoms with E-state index >= 15 is 0 Å². The molecule has 0 aliphatic carbocycles. The monoisotopic (exact) mass is 156 g/mol. The summed E-state index contributed by atoms with van der Waals surface area (Å²) in [5.41, 5.74) is 0.505. The first-order valence-corrected chi connectivity index (χ1v) is 3.62. The maximum atomic E-state index is 8.39. The minimum Gasteiger partial charge on any atom is -0.251 e. The molecule has 0 aromatic carbocycles. The summed E-state index contributed by atoms with van der Waals surface area (Å²) < 4.78 is 0. The molecule has 0 aromatic rings. The van der Waals surface area contributed by atoms with Gasteiger partial charge in [0.1, 0.15) is 5.60 Å². The summed E-state index contributed by atoms with van der Waals surface area (Å²) in [6, 6.07) is 0. The van der Waals surface area contributed by atoms with Crippen LogP contribution in [0, 0.1) is 0 Å². The van der Waals surface area contributed by atoms with Crippen LogP contribution in [0.2, 0.25) is 0 Å². The Morgan fingerprint density at radius 2 is 2.18 bits per heavy atom. The van der Waals surface area contributed by atoms with Crippen molar-refractivity contribution in [2.24, 2.45) is 0 Å². The van der Waals surface area contributed by atoms with Gasteiger partial charge in [0.15, 0.2) is 0 Å². The Kier molecular flexibility index (Phi) is 4.08. The van der Waals surface area contributed by atoms with Gasteiger partial charge < -0.3 is 0 Å². The van der Waals surface area contributed by atoms with Crippen molar-refractivity contribution >= 4 is 0 Å². The summed E-state index contributed by atoms with van der Waals surface area (Å²) >= 11 is 0. The van der Waals surface area contributed by atoms with Crippen LogP contribution in [0.5, 0.6) is 0 Å². The second-order valence-corrected chi connectivity index (χ2v) is 3.26. The van der Waals surface area contributed by atoms with Crippen molar-refractivity contribution in [2.45, 2.75) is 32.8 Å². The smallest absolute Gasteiger partial charge is 0.116 e. The van der Waals surface area contributed by atoms with Crippen LogP contribution in [0.15, 0.2) is 24.3 Å². The highest BCUT2D eigenvalue weighted by Gasteiger charge is 2.12. The first-order chi connectivity index (χ1) is 4.98. The molecule has 2 nitrogen and oxygen atoms in total. The summed E-state index contributed by atoms with van der Waals surface area (Å²) in [5, 5.41) is 8.39. The Morgan fingerprint density at radius 1 is 1.64 bits per heavy atom. The summed E-state index contributed by atoms with van der Waals surface area (Å²) in [7, 11) is 0.